The lowest BCUT2D eigenvalue weighted by Gasteiger charge is -2.51. The molecular formula is C50H56F6O12. The van der Waals surface area contributed by atoms with Crippen LogP contribution in [0, 0.1) is 23.7 Å². The Labute approximate surface area is 390 Å². The van der Waals surface area contributed by atoms with Gasteiger partial charge in [-0.3, -0.25) is 4.79 Å². The topological polar surface area (TPSA) is 145 Å². The van der Waals surface area contributed by atoms with Gasteiger partial charge in [-0.1, -0.05) is 64.5 Å². The van der Waals surface area contributed by atoms with Crippen molar-refractivity contribution in [3.8, 4) is 11.5 Å². The van der Waals surface area contributed by atoms with Gasteiger partial charge in [0.25, 0.3) is 0 Å². The molecule has 1 aliphatic carbocycles. The van der Waals surface area contributed by atoms with Gasteiger partial charge in [-0.25, -0.2) is 9.59 Å². The first-order valence-corrected chi connectivity index (χ1v) is 22.7. The number of alkyl halides is 6. The quantitative estimate of drug-likeness (QED) is 0.116. The van der Waals surface area contributed by atoms with Crippen molar-refractivity contribution in [3.63, 3.8) is 0 Å². The van der Waals surface area contributed by atoms with E-state index in [4.69, 9.17) is 28.4 Å². The summed E-state index contributed by atoms with van der Waals surface area (Å²) in [5.74, 6) is -6.20. The van der Waals surface area contributed by atoms with E-state index in [1.807, 2.05) is 6.08 Å². The predicted octanol–water partition coefficient (Wildman–Crippen LogP) is 10.1. The molecule has 18 heteroatoms. The molecule has 0 aromatic heterocycles. The molecule has 4 heterocycles. The van der Waals surface area contributed by atoms with Gasteiger partial charge in [0.2, 0.25) is 0 Å². The van der Waals surface area contributed by atoms with Gasteiger partial charge in [0.05, 0.1) is 29.9 Å². The van der Waals surface area contributed by atoms with E-state index in [0.717, 1.165) is 49.2 Å². The predicted molar refractivity (Wildman–Crippen MR) is 231 cm³/mol. The van der Waals surface area contributed by atoms with Crippen LogP contribution in [0.3, 0.4) is 0 Å². The highest BCUT2D eigenvalue weighted by Gasteiger charge is 2.61. The van der Waals surface area contributed by atoms with Crippen molar-refractivity contribution >= 4 is 17.9 Å². The summed E-state index contributed by atoms with van der Waals surface area (Å²) in [6.45, 7) is 11.3. The van der Waals surface area contributed by atoms with Crippen LogP contribution in [0.4, 0.5) is 26.3 Å². The summed E-state index contributed by atoms with van der Waals surface area (Å²) in [4.78, 5) is 41.8. The Bertz CT molecular complexity index is 2280. The van der Waals surface area contributed by atoms with E-state index in [9.17, 15) is 45.8 Å². The first-order valence-electron chi connectivity index (χ1n) is 22.7. The molecule has 3 fully saturated rings. The Morgan fingerprint density at radius 1 is 0.853 bits per heavy atom. The Morgan fingerprint density at radius 3 is 2.01 bits per heavy atom. The second-order valence-electron chi connectivity index (χ2n) is 18.5. The fraction of sp³-hybridized carbons (Fsp3) is 0.540. The smallest absolute Gasteiger partial charge is 0.462 e. The highest BCUT2D eigenvalue weighted by molar-refractivity contribution is 5.90. The van der Waals surface area contributed by atoms with E-state index in [1.54, 1.807) is 39.0 Å². The van der Waals surface area contributed by atoms with Crippen molar-refractivity contribution in [1.29, 1.82) is 0 Å². The molecule has 1 N–H and O–H groups in total. The second-order valence-corrected chi connectivity index (χ2v) is 18.5. The summed E-state index contributed by atoms with van der Waals surface area (Å²) in [5.41, 5.74) is -1.09. The van der Waals surface area contributed by atoms with Crippen LogP contribution in [0.5, 0.6) is 11.5 Å². The van der Waals surface area contributed by atoms with E-state index < -0.39 is 95.9 Å². The third-order valence-corrected chi connectivity index (χ3v) is 13.5. The van der Waals surface area contributed by atoms with E-state index >= 15 is 0 Å². The van der Waals surface area contributed by atoms with E-state index in [-0.39, 0.29) is 54.1 Å². The molecule has 4 aliphatic heterocycles. The van der Waals surface area contributed by atoms with Crippen molar-refractivity contribution in [3.05, 3.63) is 107 Å². The summed E-state index contributed by atoms with van der Waals surface area (Å²) in [6, 6.07) is 8.47. The molecule has 1 spiro atoms. The fourth-order valence-electron chi connectivity index (χ4n) is 9.83. The maximum atomic E-state index is 14.7. The zero-order valence-corrected chi connectivity index (χ0v) is 38.4. The molecule has 68 heavy (non-hydrogen) atoms. The number of carbonyl (C=O) groups is 3. The number of esters is 3. The monoisotopic (exact) mass is 962 g/mol. The third kappa shape index (κ3) is 11.5. The Kier molecular flexibility index (Phi) is 14.9. The first-order chi connectivity index (χ1) is 32.0. The van der Waals surface area contributed by atoms with Gasteiger partial charge in [-0.15, -0.1) is 26.3 Å². The van der Waals surface area contributed by atoms with Gasteiger partial charge >= 0.3 is 30.6 Å². The lowest BCUT2D eigenvalue weighted by molar-refractivity contribution is -0.340. The summed E-state index contributed by atoms with van der Waals surface area (Å²) < 4.78 is 123. The minimum atomic E-state index is -4.95. The molecule has 2 aromatic carbocycles. The molecule has 0 amide bonds. The van der Waals surface area contributed by atoms with Crippen molar-refractivity contribution in [2.45, 2.75) is 141 Å². The van der Waals surface area contributed by atoms with Crippen LogP contribution >= 0.6 is 0 Å². The van der Waals surface area contributed by atoms with Crippen LogP contribution in [0.2, 0.25) is 0 Å². The van der Waals surface area contributed by atoms with Crippen LogP contribution < -0.4 is 9.47 Å². The van der Waals surface area contributed by atoms with Gasteiger partial charge in [-0.05, 0) is 104 Å². The Morgan fingerprint density at radius 2 is 1.44 bits per heavy atom. The summed E-state index contributed by atoms with van der Waals surface area (Å²) in [6.07, 6.45) is -3.74. The molecule has 12 nitrogen and oxygen atoms in total. The molecule has 2 aromatic rings. The molecule has 5 aliphatic rings. The molecule has 12 atom stereocenters. The van der Waals surface area contributed by atoms with Crippen molar-refractivity contribution < 1.29 is 83.7 Å². The standard InChI is InChI=1S/C50H56F6O12/c1-7-27(2)41-30(5)21-22-47(68-41)25-38-24-37(65-47)16-11-29(4)40(63-44(57)32-12-17-35(18-13-32)66-49(51,52)53)28(3)9-8-10-34-26-61-43-42(31(6)23-39(46(59)62-38)48(34,43)60)64-45(58)33-14-19-36(20-15-33)67-50(54,55)56/h8-15,17-20,23,27-28,30,37-43,60H,7,16,21-22,24-26H2,1-6H3/b9-8+,29-11+,34-10+/t27-,28-,30-,37+,38-,39-,40-,41+,42+,43+,47+,48+/m0/s1. The van der Waals surface area contributed by atoms with Crippen LogP contribution in [-0.4, -0.2) is 90.4 Å². The number of allylic oxidation sites excluding steroid dienone is 2. The molecule has 0 unspecified atom stereocenters. The average Bonchev–Trinajstić information content (AvgIpc) is 3.61. The zero-order valence-electron chi connectivity index (χ0n) is 38.4. The normalized spacial score (nSPS) is 34.7. The second kappa shape index (κ2) is 20.0. The molecule has 3 saturated heterocycles. The number of benzene rings is 2. The average molecular weight is 963 g/mol. The Balaban J connectivity index is 1.24. The van der Waals surface area contributed by atoms with Crippen molar-refractivity contribution in [1.82, 2.24) is 0 Å². The molecule has 0 saturated carbocycles. The molecule has 0 radical (unpaired) electrons. The highest BCUT2D eigenvalue weighted by atomic mass is 19.4. The van der Waals surface area contributed by atoms with Gasteiger partial charge < -0.3 is 43.0 Å². The van der Waals surface area contributed by atoms with Gasteiger partial charge in [0.15, 0.2) is 11.9 Å². The third-order valence-electron chi connectivity index (χ3n) is 13.5. The van der Waals surface area contributed by atoms with Crippen molar-refractivity contribution in [2.24, 2.45) is 23.7 Å². The van der Waals surface area contributed by atoms with Crippen LogP contribution in [0.1, 0.15) is 101 Å². The summed E-state index contributed by atoms with van der Waals surface area (Å²) >= 11 is 0. The summed E-state index contributed by atoms with van der Waals surface area (Å²) in [7, 11) is 0. The lowest BCUT2D eigenvalue weighted by atomic mass is 9.70. The largest absolute Gasteiger partial charge is 0.573 e. The van der Waals surface area contributed by atoms with Gasteiger partial charge in [0.1, 0.15) is 41.3 Å². The summed E-state index contributed by atoms with van der Waals surface area (Å²) in [5, 5.41) is 12.9. The van der Waals surface area contributed by atoms with Crippen LogP contribution in [0.25, 0.3) is 0 Å². The number of hydrogen-bond donors (Lipinski definition) is 1. The highest BCUT2D eigenvalue weighted by Crippen LogP contribution is 2.49. The molecule has 7 rings (SSSR count). The maximum absolute atomic E-state index is 14.7. The minimum absolute atomic E-state index is 0.0229. The van der Waals surface area contributed by atoms with E-state index in [0.29, 0.717) is 24.0 Å². The number of halogens is 6. The number of carbonyl (C=O) groups excluding carboxylic acids is 3. The number of ether oxygens (including phenoxy) is 8. The minimum Gasteiger partial charge on any atom is -0.462 e. The van der Waals surface area contributed by atoms with E-state index in [2.05, 4.69) is 30.2 Å². The van der Waals surface area contributed by atoms with Crippen molar-refractivity contribution in [2.75, 3.05) is 6.61 Å². The zero-order chi connectivity index (χ0) is 49.3. The number of fused-ring (bicyclic) bond motifs is 2. The molecular weight excluding hydrogens is 907 g/mol. The Hall–Kier alpha value is -5.17. The van der Waals surface area contributed by atoms with Gasteiger partial charge in [0, 0.05) is 25.2 Å². The van der Waals surface area contributed by atoms with Crippen LogP contribution in [0.15, 0.2) is 95.6 Å². The first kappa shape index (κ1) is 50.7. The SMILES string of the molecule is CC[C@H](C)[C@H]1O[C@]2(CC[C@@H]1C)C[C@@H]1C[C@@H](C/C=C(\C)[C@@H](OC(=O)c3ccc(OC(F)(F)F)cc3)[C@@H](C)/C=C/C=C3\CO[C@@H]4[C@H](OC(=O)c5ccc(OC(F)(F)F)cc5)C(C)=C[C@@H](C(=O)O1)[C@]34O)O2. The lowest BCUT2D eigenvalue weighted by Crippen LogP contribution is -2.59. The van der Waals surface area contributed by atoms with E-state index in [1.165, 1.54) is 18.2 Å². The number of aliphatic hydroxyl groups is 1. The number of rotatable bonds is 8. The molecule has 2 bridgehead atoms. The number of hydrogen-bond acceptors (Lipinski definition) is 12. The molecule has 370 valence electrons. The van der Waals surface area contributed by atoms with Crippen LogP contribution in [-0.2, 0) is 33.2 Å². The fourth-order valence-corrected chi connectivity index (χ4v) is 9.83. The maximum Gasteiger partial charge on any atom is 0.573 e. The van der Waals surface area contributed by atoms with Gasteiger partial charge in [-0.2, -0.15) is 0 Å².